The number of hydrogen-bond donors (Lipinski definition) is 0. The van der Waals surface area contributed by atoms with Crippen LogP contribution in [-0.4, -0.2) is 27.6 Å². The van der Waals surface area contributed by atoms with Crippen LogP contribution in [0.3, 0.4) is 0 Å². The number of rotatable bonds is 8. The van der Waals surface area contributed by atoms with Crippen molar-refractivity contribution in [3.63, 3.8) is 0 Å². The molecule has 0 aliphatic heterocycles. The molecule has 3 aromatic rings. The Morgan fingerprint density at radius 3 is 2.67 bits per heavy atom. The second kappa shape index (κ2) is 9.04. The first kappa shape index (κ1) is 20.8. The van der Waals surface area contributed by atoms with Crippen LogP contribution >= 0.6 is 0 Å². The van der Waals surface area contributed by atoms with Gasteiger partial charge in [0.1, 0.15) is 18.1 Å². The molecule has 1 aromatic heterocycles. The smallest absolute Gasteiger partial charge is 0.310 e. The number of nitrogens with zero attached hydrogens (tertiary/aromatic N) is 3. The van der Waals surface area contributed by atoms with Crippen LogP contribution in [0.1, 0.15) is 27.2 Å². The molecule has 8 heteroatoms. The third-order valence-corrected chi connectivity index (χ3v) is 4.50. The third-order valence-electron chi connectivity index (χ3n) is 4.50. The molecule has 0 bridgehead atoms. The number of aromatic nitrogens is 2. The fraction of sp³-hybridized carbons (Fsp3) is 0.182. The molecule has 30 heavy (non-hydrogen) atoms. The average Bonchev–Trinajstić information content (AvgIpc) is 3.16. The average molecular weight is 407 g/mol. The van der Waals surface area contributed by atoms with Gasteiger partial charge in [-0.3, -0.25) is 19.6 Å². The van der Waals surface area contributed by atoms with E-state index in [-0.39, 0.29) is 23.8 Å². The van der Waals surface area contributed by atoms with Crippen molar-refractivity contribution in [3.8, 4) is 11.5 Å². The van der Waals surface area contributed by atoms with Gasteiger partial charge >= 0.3 is 5.69 Å². The molecule has 0 spiro atoms. The van der Waals surface area contributed by atoms with Gasteiger partial charge < -0.3 is 9.47 Å². The summed E-state index contributed by atoms with van der Waals surface area (Å²) >= 11 is 0. The van der Waals surface area contributed by atoms with E-state index in [2.05, 4.69) is 5.10 Å². The number of hydrogen-bond acceptors (Lipinski definition) is 6. The molecule has 8 nitrogen and oxygen atoms in total. The molecule has 0 saturated heterocycles. The van der Waals surface area contributed by atoms with Crippen molar-refractivity contribution < 1.29 is 19.2 Å². The Morgan fingerprint density at radius 1 is 1.20 bits per heavy atom. The molecule has 0 saturated carbocycles. The van der Waals surface area contributed by atoms with E-state index in [4.69, 9.17) is 9.47 Å². The summed E-state index contributed by atoms with van der Waals surface area (Å²) in [5.74, 6) is 0.605. The van der Waals surface area contributed by atoms with Crippen molar-refractivity contribution in [1.82, 2.24) is 9.78 Å². The molecule has 2 aromatic carbocycles. The SMILES string of the molecule is COc1ccc(/C=C/C(=O)c2ccnn2C)cc1COc1cc(C)ccc1[N+](=O)[O-]. The van der Waals surface area contributed by atoms with Gasteiger partial charge in [0.05, 0.1) is 12.0 Å². The van der Waals surface area contributed by atoms with Crippen molar-refractivity contribution in [2.45, 2.75) is 13.5 Å². The van der Waals surface area contributed by atoms with Gasteiger partial charge in [-0.2, -0.15) is 5.10 Å². The Bertz CT molecular complexity index is 1120. The maximum Gasteiger partial charge on any atom is 0.310 e. The predicted octanol–water partition coefficient (Wildman–Crippen LogP) is 4.12. The summed E-state index contributed by atoms with van der Waals surface area (Å²) in [6.07, 6.45) is 4.72. The van der Waals surface area contributed by atoms with E-state index in [1.165, 1.54) is 23.9 Å². The van der Waals surface area contributed by atoms with E-state index in [1.807, 2.05) is 19.1 Å². The normalized spacial score (nSPS) is 10.9. The lowest BCUT2D eigenvalue weighted by Crippen LogP contribution is -2.04. The molecule has 0 N–H and O–H groups in total. The Labute approximate surface area is 173 Å². The largest absolute Gasteiger partial charge is 0.496 e. The lowest BCUT2D eigenvalue weighted by atomic mass is 10.1. The van der Waals surface area contributed by atoms with Gasteiger partial charge in [-0.1, -0.05) is 18.2 Å². The summed E-state index contributed by atoms with van der Waals surface area (Å²) in [6.45, 7) is 1.91. The standard InChI is InChI=1S/C22H21N3O5/c1-15-4-7-19(25(27)28)22(12-15)30-14-17-13-16(6-9-21(17)29-3)5-8-20(26)18-10-11-23-24(18)2/h4-13H,14H2,1-3H3/b8-5+. The molecule has 0 fully saturated rings. The van der Waals surface area contributed by atoms with E-state index >= 15 is 0 Å². The zero-order valence-electron chi connectivity index (χ0n) is 16.9. The topological polar surface area (TPSA) is 96.5 Å². The molecule has 3 rings (SSSR count). The number of benzene rings is 2. The Morgan fingerprint density at radius 2 is 2.00 bits per heavy atom. The van der Waals surface area contributed by atoms with Gasteiger partial charge in [-0.15, -0.1) is 0 Å². The highest BCUT2D eigenvalue weighted by Crippen LogP contribution is 2.30. The summed E-state index contributed by atoms with van der Waals surface area (Å²) in [5, 5.41) is 15.2. The van der Waals surface area contributed by atoms with Crippen LogP contribution in [0.4, 0.5) is 5.69 Å². The quantitative estimate of drug-likeness (QED) is 0.241. The number of ketones is 1. The van der Waals surface area contributed by atoms with Gasteiger partial charge in [0.15, 0.2) is 5.75 Å². The minimum atomic E-state index is -0.477. The van der Waals surface area contributed by atoms with Gasteiger partial charge in [0.25, 0.3) is 0 Å². The van der Waals surface area contributed by atoms with Gasteiger partial charge in [-0.05, 0) is 48.4 Å². The summed E-state index contributed by atoms with van der Waals surface area (Å²) in [4.78, 5) is 23.1. The summed E-state index contributed by atoms with van der Waals surface area (Å²) in [7, 11) is 3.24. The van der Waals surface area contributed by atoms with E-state index < -0.39 is 4.92 Å². The van der Waals surface area contributed by atoms with Crippen molar-refractivity contribution in [3.05, 3.63) is 87.2 Å². The zero-order valence-corrected chi connectivity index (χ0v) is 16.9. The van der Waals surface area contributed by atoms with Gasteiger partial charge in [0.2, 0.25) is 5.78 Å². The Balaban J connectivity index is 1.81. The Hall–Kier alpha value is -3.94. The van der Waals surface area contributed by atoms with Crippen LogP contribution < -0.4 is 9.47 Å². The summed E-state index contributed by atoms with van der Waals surface area (Å²) in [5.41, 5.74) is 2.70. The second-order valence-electron chi connectivity index (χ2n) is 6.63. The number of carbonyl (C=O) groups is 1. The summed E-state index contributed by atoms with van der Waals surface area (Å²) in [6, 6.07) is 11.7. The van der Waals surface area contributed by atoms with Crippen LogP contribution in [0.25, 0.3) is 6.08 Å². The molecular weight excluding hydrogens is 386 g/mol. The highest BCUT2D eigenvalue weighted by Gasteiger charge is 2.16. The van der Waals surface area contributed by atoms with Crippen molar-refractivity contribution in [2.24, 2.45) is 7.05 Å². The van der Waals surface area contributed by atoms with E-state index in [1.54, 1.807) is 43.6 Å². The number of methoxy groups -OCH3 is 1. The fourth-order valence-electron chi connectivity index (χ4n) is 2.93. The fourth-order valence-corrected chi connectivity index (χ4v) is 2.93. The molecular formula is C22H21N3O5. The van der Waals surface area contributed by atoms with Crippen molar-refractivity contribution in [2.75, 3.05) is 7.11 Å². The van der Waals surface area contributed by atoms with Crippen LogP contribution in [0.5, 0.6) is 11.5 Å². The number of nitro groups is 1. The number of carbonyl (C=O) groups excluding carboxylic acids is 1. The summed E-state index contributed by atoms with van der Waals surface area (Å²) < 4.78 is 12.6. The lowest BCUT2D eigenvalue weighted by Gasteiger charge is -2.12. The van der Waals surface area contributed by atoms with Gasteiger partial charge in [0, 0.05) is 24.9 Å². The number of allylic oxidation sites excluding steroid dienone is 1. The molecule has 0 aliphatic carbocycles. The van der Waals surface area contributed by atoms with E-state index in [9.17, 15) is 14.9 Å². The molecule has 154 valence electrons. The van der Waals surface area contributed by atoms with Crippen molar-refractivity contribution in [1.29, 1.82) is 0 Å². The first-order valence-corrected chi connectivity index (χ1v) is 9.14. The van der Waals surface area contributed by atoms with Crippen LogP contribution in [0, 0.1) is 17.0 Å². The molecule has 0 aliphatic rings. The van der Waals surface area contributed by atoms with E-state index in [0.29, 0.717) is 17.0 Å². The molecule has 0 unspecified atom stereocenters. The van der Waals surface area contributed by atoms with Crippen LogP contribution in [-0.2, 0) is 13.7 Å². The monoisotopic (exact) mass is 407 g/mol. The molecule has 0 atom stereocenters. The predicted molar refractivity (Wildman–Crippen MR) is 112 cm³/mol. The van der Waals surface area contributed by atoms with Gasteiger partial charge in [-0.25, -0.2) is 0 Å². The molecule has 0 amide bonds. The van der Waals surface area contributed by atoms with E-state index in [0.717, 1.165) is 11.1 Å². The minimum Gasteiger partial charge on any atom is -0.496 e. The third kappa shape index (κ3) is 4.72. The van der Waals surface area contributed by atoms with Crippen LogP contribution in [0.2, 0.25) is 0 Å². The second-order valence-corrected chi connectivity index (χ2v) is 6.63. The highest BCUT2D eigenvalue weighted by atomic mass is 16.6. The first-order chi connectivity index (χ1) is 14.4. The minimum absolute atomic E-state index is 0.0742. The maximum absolute atomic E-state index is 12.3. The maximum atomic E-state index is 12.3. The highest BCUT2D eigenvalue weighted by molar-refractivity contribution is 6.05. The first-order valence-electron chi connectivity index (χ1n) is 9.14. The van der Waals surface area contributed by atoms with Crippen LogP contribution in [0.15, 0.2) is 54.7 Å². The number of nitro benzene ring substituents is 1. The molecule has 1 heterocycles. The number of ether oxygens (including phenoxy) is 2. The van der Waals surface area contributed by atoms with Crippen molar-refractivity contribution >= 4 is 17.5 Å². The number of aryl methyl sites for hydroxylation is 2. The lowest BCUT2D eigenvalue weighted by molar-refractivity contribution is -0.386. The molecule has 0 radical (unpaired) electrons. The Kier molecular flexibility index (Phi) is 6.26. The zero-order chi connectivity index (χ0) is 21.7.